The van der Waals surface area contributed by atoms with Crippen LogP contribution in [-0.2, 0) is 0 Å². The zero-order valence-electron chi connectivity index (χ0n) is 15.9. The molecule has 0 aliphatic heterocycles. The van der Waals surface area contributed by atoms with Gasteiger partial charge in [-0.05, 0) is 92.5 Å². The van der Waals surface area contributed by atoms with Crippen LogP contribution >= 0.6 is 12.2 Å². The third-order valence-electron chi connectivity index (χ3n) is 7.04. The van der Waals surface area contributed by atoms with Crippen LogP contribution in [0, 0.1) is 33.3 Å². The Morgan fingerprint density at radius 1 is 1.19 bits per heavy atom. The summed E-state index contributed by atoms with van der Waals surface area (Å²) in [4.78, 5) is 10.4. The van der Waals surface area contributed by atoms with Gasteiger partial charge >= 0.3 is 0 Å². The number of benzene rings is 1. The Morgan fingerprint density at radius 3 is 2.22 bits per heavy atom. The molecule has 0 spiro atoms. The Kier molecular flexibility index (Phi) is 5.10. The van der Waals surface area contributed by atoms with E-state index in [1.54, 1.807) is 12.1 Å². The van der Waals surface area contributed by atoms with Crippen LogP contribution < -0.4 is 10.6 Å². The van der Waals surface area contributed by atoms with Gasteiger partial charge in [0.15, 0.2) is 5.11 Å². The van der Waals surface area contributed by atoms with E-state index in [4.69, 9.17) is 12.2 Å². The molecule has 146 valence electrons. The van der Waals surface area contributed by atoms with Crippen molar-refractivity contribution in [2.45, 2.75) is 64.3 Å². The Morgan fingerprint density at radius 2 is 1.74 bits per heavy atom. The Labute approximate surface area is 166 Å². The van der Waals surface area contributed by atoms with Crippen molar-refractivity contribution in [1.29, 1.82) is 0 Å². The summed E-state index contributed by atoms with van der Waals surface area (Å²) in [7, 11) is 0. The van der Waals surface area contributed by atoms with Crippen LogP contribution in [0.5, 0.6) is 0 Å². The molecule has 4 fully saturated rings. The predicted molar refractivity (Wildman–Crippen MR) is 112 cm³/mol. The first-order valence-corrected chi connectivity index (χ1v) is 10.7. The molecule has 0 amide bonds. The number of anilines is 1. The fourth-order valence-electron chi connectivity index (χ4n) is 6.42. The molecule has 0 radical (unpaired) electrons. The molecular weight excluding hydrogens is 358 g/mol. The lowest BCUT2D eigenvalue weighted by atomic mass is 9.47. The van der Waals surface area contributed by atoms with E-state index in [2.05, 4.69) is 17.6 Å². The van der Waals surface area contributed by atoms with Crippen LogP contribution in [0.3, 0.4) is 0 Å². The van der Waals surface area contributed by atoms with Crippen molar-refractivity contribution in [3.63, 3.8) is 0 Å². The molecule has 1 aromatic carbocycles. The summed E-state index contributed by atoms with van der Waals surface area (Å²) in [5.74, 6) is 2.77. The molecule has 27 heavy (non-hydrogen) atoms. The van der Waals surface area contributed by atoms with Crippen molar-refractivity contribution in [1.82, 2.24) is 5.32 Å². The normalized spacial score (nSPS) is 32.1. The molecule has 5 nitrogen and oxygen atoms in total. The standard InChI is InChI=1S/C21H29N3O2S/c1-2-3-19(21-11-14-8-15(12-21)10-16(9-14)13-21)23-20(27)22-17-4-6-18(7-5-17)24(25)26/h4-7,14-16,19H,2-3,8-13H2,1H3,(H2,22,23,27)/t14?,15?,16?,19-,21?/m1/s1. The number of nitro benzene ring substituents is 1. The lowest BCUT2D eigenvalue weighted by Gasteiger charge is -2.59. The van der Waals surface area contributed by atoms with Crippen molar-refractivity contribution < 1.29 is 4.92 Å². The molecule has 5 rings (SSSR count). The fraction of sp³-hybridized carbons (Fsp3) is 0.667. The molecule has 4 aliphatic rings. The van der Waals surface area contributed by atoms with Crippen LogP contribution in [0.15, 0.2) is 24.3 Å². The smallest absolute Gasteiger partial charge is 0.269 e. The molecule has 0 heterocycles. The number of hydrogen-bond donors (Lipinski definition) is 2. The SMILES string of the molecule is CCC[C@@H](NC(=S)Nc1ccc([N+](=O)[O-])cc1)C12CC3CC(CC(C3)C1)C2. The highest BCUT2D eigenvalue weighted by Crippen LogP contribution is 2.61. The van der Waals surface area contributed by atoms with Crippen LogP contribution in [-0.4, -0.2) is 16.1 Å². The second-order valence-corrected chi connectivity index (χ2v) is 9.43. The molecule has 0 aromatic heterocycles. The van der Waals surface area contributed by atoms with E-state index < -0.39 is 0 Å². The largest absolute Gasteiger partial charge is 0.359 e. The van der Waals surface area contributed by atoms with Crippen LogP contribution in [0.2, 0.25) is 0 Å². The van der Waals surface area contributed by atoms with Gasteiger partial charge in [0.1, 0.15) is 0 Å². The maximum absolute atomic E-state index is 10.8. The van der Waals surface area contributed by atoms with Crippen molar-refractivity contribution in [3.05, 3.63) is 34.4 Å². The van der Waals surface area contributed by atoms with Gasteiger partial charge in [0.05, 0.1) is 4.92 Å². The average Bonchev–Trinajstić information content (AvgIpc) is 2.60. The second kappa shape index (κ2) is 7.38. The van der Waals surface area contributed by atoms with Crippen LogP contribution in [0.1, 0.15) is 58.3 Å². The van der Waals surface area contributed by atoms with E-state index in [0.717, 1.165) is 36.3 Å². The van der Waals surface area contributed by atoms with Crippen molar-refractivity contribution >= 4 is 28.7 Å². The number of non-ortho nitro benzene ring substituents is 1. The summed E-state index contributed by atoms with van der Waals surface area (Å²) in [6.45, 7) is 2.25. The minimum atomic E-state index is -0.384. The van der Waals surface area contributed by atoms with Gasteiger partial charge in [0.2, 0.25) is 0 Å². The summed E-state index contributed by atoms with van der Waals surface area (Å²) >= 11 is 5.61. The lowest BCUT2D eigenvalue weighted by Crippen LogP contribution is -2.57. The molecular formula is C21H29N3O2S. The molecule has 6 heteroatoms. The molecule has 4 aliphatic carbocycles. The maximum atomic E-state index is 10.8. The number of hydrogen-bond acceptors (Lipinski definition) is 3. The van der Waals surface area contributed by atoms with Gasteiger partial charge in [0, 0.05) is 23.9 Å². The minimum Gasteiger partial charge on any atom is -0.359 e. The minimum absolute atomic E-state index is 0.0943. The zero-order valence-corrected chi connectivity index (χ0v) is 16.8. The summed E-state index contributed by atoms with van der Waals surface area (Å²) in [6.07, 6.45) is 10.7. The van der Waals surface area contributed by atoms with Crippen molar-refractivity contribution in [2.24, 2.45) is 23.2 Å². The van der Waals surface area contributed by atoms with Gasteiger partial charge in [-0.15, -0.1) is 0 Å². The number of thiocarbonyl (C=S) groups is 1. The number of nitrogens with zero attached hydrogens (tertiary/aromatic N) is 1. The molecule has 1 atom stereocenters. The van der Waals surface area contributed by atoms with E-state index in [-0.39, 0.29) is 10.6 Å². The van der Waals surface area contributed by atoms with E-state index >= 15 is 0 Å². The monoisotopic (exact) mass is 387 g/mol. The molecule has 4 saturated carbocycles. The molecule has 0 unspecified atom stereocenters. The Bertz CT molecular complexity index is 683. The van der Waals surface area contributed by atoms with Crippen LogP contribution in [0.4, 0.5) is 11.4 Å². The van der Waals surface area contributed by atoms with E-state index in [1.807, 2.05) is 0 Å². The maximum Gasteiger partial charge on any atom is 0.269 e. The van der Waals surface area contributed by atoms with Gasteiger partial charge in [-0.2, -0.15) is 0 Å². The highest BCUT2D eigenvalue weighted by atomic mass is 32.1. The second-order valence-electron chi connectivity index (χ2n) is 9.02. The topological polar surface area (TPSA) is 67.2 Å². The van der Waals surface area contributed by atoms with Gasteiger partial charge in [-0.1, -0.05) is 13.3 Å². The van der Waals surface area contributed by atoms with Crippen molar-refractivity contribution in [3.8, 4) is 0 Å². The van der Waals surface area contributed by atoms with Gasteiger partial charge < -0.3 is 10.6 Å². The Balaban J connectivity index is 1.44. The number of nitrogens with one attached hydrogen (secondary N) is 2. The third-order valence-corrected chi connectivity index (χ3v) is 7.26. The molecule has 1 aromatic rings. The van der Waals surface area contributed by atoms with Gasteiger partial charge in [-0.3, -0.25) is 10.1 Å². The van der Waals surface area contributed by atoms with E-state index in [1.165, 1.54) is 50.7 Å². The van der Waals surface area contributed by atoms with E-state index in [0.29, 0.717) is 16.6 Å². The first kappa shape index (κ1) is 18.7. The summed E-state index contributed by atoms with van der Waals surface area (Å²) in [5, 5.41) is 18.3. The first-order valence-electron chi connectivity index (χ1n) is 10.3. The highest BCUT2D eigenvalue weighted by Gasteiger charge is 2.54. The molecule has 2 N–H and O–H groups in total. The summed E-state index contributed by atoms with van der Waals surface area (Å²) < 4.78 is 0. The molecule has 4 bridgehead atoms. The summed E-state index contributed by atoms with van der Waals surface area (Å²) in [6, 6.07) is 6.87. The quantitative estimate of drug-likeness (QED) is 0.396. The summed E-state index contributed by atoms with van der Waals surface area (Å²) in [5.41, 5.74) is 1.29. The first-order chi connectivity index (χ1) is 13.0. The van der Waals surface area contributed by atoms with Gasteiger partial charge in [-0.25, -0.2) is 0 Å². The molecule has 0 saturated heterocycles. The lowest BCUT2D eigenvalue weighted by molar-refractivity contribution is -0.384. The number of nitro groups is 1. The fourth-order valence-corrected chi connectivity index (χ4v) is 6.68. The van der Waals surface area contributed by atoms with E-state index in [9.17, 15) is 10.1 Å². The predicted octanol–water partition coefficient (Wildman–Crippen LogP) is 5.27. The van der Waals surface area contributed by atoms with Crippen molar-refractivity contribution in [2.75, 3.05) is 5.32 Å². The third kappa shape index (κ3) is 3.82. The van der Waals surface area contributed by atoms with Crippen LogP contribution in [0.25, 0.3) is 0 Å². The Hall–Kier alpha value is -1.69. The number of rotatable bonds is 6. The van der Waals surface area contributed by atoms with Gasteiger partial charge in [0.25, 0.3) is 5.69 Å². The highest BCUT2D eigenvalue weighted by molar-refractivity contribution is 7.80. The zero-order chi connectivity index (χ0) is 19.0. The average molecular weight is 388 g/mol.